The van der Waals surface area contributed by atoms with Crippen LogP contribution in [0, 0.1) is 0 Å². The van der Waals surface area contributed by atoms with E-state index < -0.39 is 0 Å². The van der Waals surface area contributed by atoms with E-state index in [-0.39, 0.29) is 0 Å². The third kappa shape index (κ3) is 5.38. The molecule has 1 unspecified atom stereocenters. The lowest BCUT2D eigenvalue weighted by molar-refractivity contribution is 0.110. The maximum Gasteiger partial charge on any atom is 0.119 e. The van der Waals surface area contributed by atoms with Crippen molar-refractivity contribution in [3.05, 3.63) is 65.7 Å². The molecule has 3 nitrogen and oxygen atoms in total. The SMILES string of the molecule is c1ccc(CCOc2cccc(CNCC3CCCO3)c2)cc1. The maximum atomic E-state index is 5.88. The van der Waals surface area contributed by atoms with Gasteiger partial charge in [-0.15, -0.1) is 0 Å². The molecule has 3 heteroatoms. The van der Waals surface area contributed by atoms with E-state index in [9.17, 15) is 0 Å². The molecule has 0 bridgehead atoms. The molecule has 0 aliphatic carbocycles. The lowest BCUT2D eigenvalue weighted by atomic mass is 10.2. The molecule has 2 aromatic carbocycles. The Balaban J connectivity index is 1.41. The van der Waals surface area contributed by atoms with Crippen LogP contribution in [0.5, 0.6) is 5.75 Å². The highest BCUT2D eigenvalue weighted by molar-refractivity contribution is 5.28. The van der Waals surface area contributed by atoms with Gasteiger partial charge in [-0.25, -0.2) is 0 Å². The minimum atomic E-state index is 0.389. The number of rotatable bonds is 8. The lowest BCUT2D eigenvalue weighted by Crippen LogP contribution is -2.25. The van der Waals surface area contributed by atoms with Gasteiger partial charge in [0.2, 0.25) is 0 Å². The van der Waals surface area contributed by atoms with Crippen LogP contribution in [0.2, 0.25) is 0 Å². The van der Waals surface area contributed by atoms with Crippen LogP contribution < -0.4 is 10.1 Å². The highest BCUT2D eigenvalue weighted by atomic mass is 16.5. The smallest absolute Gasteiger partial charge is 0.119 e. The van der Waals surface area contributed by atoms with Gasteiger partial charge in [0.15, 0.2) is 0 Å². The van der Waals surface area contributed by atoms with Crippen molar-refractivity contribution in [3.8, 4) is 5.75 Å². The molecule has 0 spiro atoms. The second-order valence-corrected chi connectivity index (χ2v) is 6.00. The zero-order valence-corrected chi connectivity index (χ0v) is 13.5. The summed E-state index contributed by atoms with van der Waals surface area (Å²) in [4.78, 5) is 0. The van der Waals surface area contributed by atoms with E-state index in [4.69, 9.17) is 9.47 Å². The number of ether oxygens (including phenoxy) is 2. The van der Waals surface area contributed by atoms with E-state index in [2.05, 4.69) is 47.8 Å². The summed E-state index contributed by atoms with van der Waals surface area (Å²) in [5.41, 5.74) is 2.56. The molecule has 0 saturated carbocycles. The molecule has 0 amide bonds. The number of hydrogen-bond donors (Lipinski definition) is 1. The largest absolute Gasteiger partial charge is 0.493 e. The summed E-state index contributed by atoms with van der Waals surface area (Å²) >= 11 is 0. The van der Waals surface area contributed by atoms with Gasteiger partial charge in [0.1, 0.15) is 5.75 Å². The summed E-state index contributed by atoms with van der Waals surface area (Å²) in [7, 11) is 0. The molecule has 3 rings (SSSR count). The zero-order chi connectivity index (χ0) is 15.7. The van der Waals surface area contributed by atoms with E-state index in [1.54, 1.807) is 0 Å². The van der Waals surface area contributed by atoms with Gasteiger partial charge in [0.25, 0.3) is 0 Å². The van der Waals surface area contributed by atoms with Crippen LogP contribution in [0.15, 0.2) is 54.6 Å². The topological polar surface area (TPSA) is 30.5 Å². The molecule has 1 aliphatic heterocycles. The van der Waals surface area contributed by atoms with E-state index in [1.807, 2.05) is 12.1 Å². The molecular weight excluding hydrogens is 286 g/mol. The molecule has 1 aliphatic rings. The molecule has 1 saturated heterocycles. The fourth-order valence-corrected chi connectivity index (χ4v) is 2.86. The second-order valence-electron chi connectivity index (χ2n) is 6.00. The van der Waals surface area contributed by atoms with Gasteiger partial charge in [0, 0.05) is 26.1 Å². The average molecular weight is 311 g/mol. The van der Waals surface area contributed by atoms with E-state index in [1.165, 1.54) is 24.0 Å². The normalized spacial score (nSPS) is 17.3. The van der Waals surface area contributed by atoms with Crippen molar-refractivity contribution in [2.45, 2.75) is 31.9 Å². The Morgan fingerprint density at radius 3 is 2.74 bits per heavy atom. The minimum Gasteiger partial charge on any atom is -0.493 e. The van der Waals surface area contributed by atoms with Crippen LogP contribution in [-0.2, 0) is 17.7 Å². The summed E-state index contributed by atoms with van der Waals surface area (Å²) < 4.78 is 11.5. The highest BCUT2D eigenvalue weighted by Crippen LogP contribution is 2.15. The third-order valence-corrected chi connectivity index (χ3v) is 4.13. The van der Waals surface area contributed by atoms with Crippen molar-refractivity contribution in [3.63, 3.8) is 0 Å². The molecule has 2 aromatic rings. The summed E-state index contributed by atoms with van der Waals surface area (Å²) in [6, 6.07) is 18.8. The summed E-state index contributed by atoms with van der Waals surface area (Å²) in [5.74, 6) is 0.942. The molecule has 0 radical (unpaired) electrons. The molecule has 0 aromatic heterocycles. The van der Waals surface area contributed by atoms with Crippen molar-refractivity contribution in [2.75, 3.05) is 19.8 Å². The van der Waals surface area contributed by atoms with Crippen LogP contribution in [0.4, 0.5) is 0 Å². The first-order chi connectivity index (χ1) is 11.4. The molecule has 1 atom stereocenters. The average Bonchev–Trinajstić information content (AvgIpc) is 3.10. The van der Waals surface area contributed by atoms with Gasteiger partial charge in [-0.2, -0.15) is 0 Å². The van der Waals surface area contributed by atoms with E-state index in [0.29, 0.717) is 12.7 Å². The molecule has 23 heavy (non-hydrogen) atoms. The first-order valence-electron chi connectivity index (χ1n) is 8.48. The Kier molecular flexibility index (Phi) is 6.07. The summed E-state index contributed by atoms with van der Waals surface area (Å²) in [5, 5.41) is 3.47. The fourth-order valence-electron chi connectivity index (χ4n) is 2.86. The summed E-state index contributed by atoms with van der Waals surface area (Å²) in [6.45, 7) is 3.41. The van der Waals surface area contributed by atoms with E-state index >= 15 is 0 Å². The number of nitrogens with one attached hydrogen (secondary N) is 1. The third-order valence-electron chi connectivity index (χ3n) is 4.13. The van der Waals surface area contributed by atoms with Gasteiger partial charge in [0.05, 0.1) is 12.7 Å². The predicted molar refractivity (Wildman–Crippen MR) is 92.8 cm³/mol. The van der Waals surface area contributed by atoms with Crippen molar-refractivity contribution < 1.29 is 9.47 Å². The van der Waals surface area contributed by atoms with Crippen molar-refractivity contribution in [2.24, 2.45) is 0 Å². The maximum absolute atomic E-state index is 5.88. The quantitative estimate of drug-likeness (QED) is 0.808. The van der Waals surface area contributed by atoms with Crippen LogP contribution >= 0.6 is 0 Å². The standard InChI is InChI=1S/C20H25NO2/c1-2-6-17(7-3-1)11-13-23-19-9-4-8-18(14-19)15-21-16-20-10-5-12-22-20/h1-4,6-9,14,20-21H,5,10-13,15-16H2. The Labute approximate surface area is 138 Å². The van der Waals surface area contributed by atoms with Gasteiger partial charge in [-0.1, -0.05) is 42.5 Å². The Morgan fingerprint density at radius 1 is 1.04 bits per heavy atom. The van der Waals surface area contributed by atoms with Gasteiger partial charge >= 0.3 is 0 Å². The first kappa shape index (κ1) is 16.0. The molecule has 1 N–H and O–H groups in total. The predicted octanol–water partition coefficient (Wildman–Crippen LogP) is 3.58. The lowest BCUT2D eigenvalue weighted by Gasteiger charge is -2.12. The monoisotopic (exact) mass is 311 g/mol. The van der Waals surface area contributed by atoms with Gasteiger partial charge in [-0.3, -0.25) is 0 Å². The Bertz CT molecular complexity index is 579. The molecule has 1 heterocycles. The van der Waals surface area contributed by atoms with E-state index in [0.717, 1.165) is 31.9 Å². The van der Waals surface area contributed by atoms with Gasteiger partial charge < -0.3 is 14.8 Å². The fraction of sp³-hybridized carbons (Fsp3) is 0.400. The van der Waals surface area contributed by atoms with Crippen LogP contribution in [0.3, 0.4) is 0 Å². The first-order valence-corrected chi connectivity index (χ1v) is 8.48. The molecule has 122 valence electrons. The van der Waals surface area contributed by atoms with Crippen molar-refractivity contribution in [1.82, 2.24) is 5.32 Å². The molecule has 1 fully saturated rings. The second kappa shape index (κ2) is 8.70. The Morgan fingerprint density at radius 2 is 1.91 bits per heavy atom. The Hall–Kier alpha value is -1.84. The van der Waals surface area contributed by atoms with Crippen molar-refractivity contribution >= 4 is 0 Å². The van der Waals surface area contributed by atoms with Crippen molar-refractivity contribution in [1.29, 1.82) is 0 Å². The number of hydrogen-bond acceptors (Lipinski definition) is 3. The highest BCUT2D eigenvalue weighted by Gasteiger charge is 2.14. The number of benzene rings is 2. The summed E-state index contributed by atoms with van der Waals surface area (Å²) in [6.07, 6.45) is 3.69. The minimum absolute atomic E-state index is 0.389. The van der Waals surface area contributed by atoms with Gasteiger partial charge in [-0.05, 0) is 36.1 Å². The zero-order valence-electron chi connectivity index (χ0n) is 13.5. The van der Waals surface area contributed by atoms with Crippen LogP contribution in [0.1, 0.15) is 24.0 Å². The van der Waals surface area contributed by atoms with Crippen LogP contribution in [-0.4, -0.2) is 25.9 Å². The molecular formula is C20H25NO2. The van der Waals surface area contributed by atoms with Crippen LogP contribution in [0.25, 0.3) is 0 Å².